The van der Waals surface area contributed by atoms with Gasteiger partial charge in [-0.1, -0.05) is 42.5 Å². The summed E-state index contributed by atoms with van der Waals surface area (Å²) in [6.07, 6.45) is 2.63. The van der Waals surface area contributed by atoms with Gasteiger partial charge in [0.1, 0.15) is 17.7 Å². The molecule has 9 heteroatoms. The third kappa shape index (κ3) is 3.62. The first kappa shape index (κ1) is 20.8. The summed E-state index contributed by atoms with van der Waals surface area (Å²) < 4.78 is 2.28. The van der Waals surface area contributed by atoms with E-state index in [9.17, 15) is 14.4 Å². The lowest BCUT2D eigenvalue weighted by atomic mass is 10.0. The number of carbonyl (C=O) groups is 1. The molecule has 0 saturated heterocycles. The van der Waals surface area contributed by atoms with Gasteiger partial charge in [-0.2, -0.15) is 0 Å². The van der Waals surface area contributed by atoms with E-state index >= 15 is 0 Å². The molecular weight excluding hydrogens is 438 g/mol. The van der Waals surface area contributed by atoms with Crippen LogP contribution >= 0.6 is 11.3 Å². The zero-order chi connectivity index (χ0) is 23.1. The summed E-state index contributed by atoms with van der Waals surface area (Å²) in [6.45, 7) is 3.53. The van der Waals surface area contributed by atoms with Crippen LogP contribution in [-0.2, 0) is 11.3 Å². The van der Waals surface area contributed by atoms with Crippen LogP contribution in [0.1, 0.15) is 10.4 Å². The average Bonchev–Trinajstić information content (AvgIpc) is 3.15. The van der Waals surface area contributed by atoms with Gasteiger partial charge in [0.05, 0.1) is 22.6 Å². The maximum atomic E-state index is 13.2. The molecular formula is C24H19N5O3S. The number of hydrogen-bond acceptors (Lipinski definition) is 6. The Labute approximate surface area is 191 Å². The third-order valence-electron chi connectivity index (χ3n) is 5.47. The minimum Gasteiger partial charge on any atom is -0.289 e. The second-order valence-electron chi connectivity index (χ2n) is 7.68. The van der Waals surface area contributed by atoms with Gasteiger partial charge in [-0.15, -0.1) is 11.3 Å². The molecule has 0 fully saturated rings. The zero-order valence-corrected chi connectivity index (χ0v) is 18.7. The molecule has 5 rings (SSSR count). The standard InChI is InChI=1S/C24H19N5O3S/c1-14-7-6-10-17-21(14)25-12-28(23(17)31)11-18(30)27-29-13-26-22-20(24(29)32)19(15(2)33-22)16-8-4-3-5-9-16/h3-10,12-13H,11H2,1-2H3,(H,27,30). The molecule has 5 aromatic rings. The van der Waals surface area contributed by atoms with Crippen molar-refractivity contribution >= 4 is 38.4 Å². The van der Waals surface area contributed by atoms with Crippen LogP contribution in [0.5, 0.6) is 0 Å². The molecule has 3 heterocycles. The number of amides is 1. The van der Waals surface area contributed by atoms with Crippen molar-refractivity contribution in [1.29, 1.82) is 0 Å². The van der Waals surface area contributed by atoms with E-state index in [1.807, 2.05) is 50.2 Å². The molecule has 0 aliphatic rings. The molecule has 0 aliphatic carbocycles. The van der Waals surface area contributed by atoms with E-state index in [0.717, 1.165) is 26.2 Å². The average molecular weight is 458 g/mol. The molecule has 0 saturated carbocycles. The number of aryl methyl sites for hydroxylation is 2. The lowest BCUT2D eigenvalue weighted by Crippen LogP contribution is -2.37. The van der Waals surface area contributed by atoms with Gasteiger partial charge < -0.3 is 0 Å². The van der Waals surface area contributed by atoms with E-state index in [0.29, 0.717) is 21.1 Å². The maximum Gasteiger partial charge on any atom is 0.281 e. The predicted molar refractivity (Wildman–Crippen MR) is 129 cm³/mol. The molecule has 0 unspecified atom stereocenters. The molecule has 0 aliphatic heterocycles. The minimum atomic E-state index is -0.539. The molecule has 0 atom stereocenters. The van der Waals surface area contributed by atoms with Crippen molar-refractivity contribution in [2.75, 3.05) is 5.43 Å². The fourth-order valence-electron chi connectivity index (χ4n) is 3.91. The van der Waals surface area contributed by atoms with E-state index in [1.165, 1.54) is 28.6 Å². The number of nitrogens with one attached hydrogen (secondary N) is 1. The summed E-state index contributed by atoms with van der Waals surface area (Å²) in [5.74, 6) is -0.539. The maximum absolute atomic E-state index is 13.2. The highest BCUT2D eigenvalue weighted by molar-refractivity contribution is 7.19. The molecule has 2 aromatic carbocycles. The highest BCUT2D eigenvalue weighted by Crippen LogP contribution is 2.35. The van der Waals surface area contributed by atoms with Crippen molar-refractivity contribution < 1.29 is 4.79 Å². The highest BCUT2D eigenvalue weighted by Gasteiger charge is 2.18. The van der Waals surface area contributed by atoms with Crippen LogP contribution in [0.15, 0.2) is 70.8 Å². The number of rotatable bonds is 4. The van der Waals surface area contributed by atoms with Gasteiger partial charge in [0.25, 0.3) is 17.0 Å². The molecule has 1 N–H and O–H groups in total. The number of aromatic nitrogens is 4. The Morgan fingerprint density at radius 2 is 1.76 bits per heavy atom. The van der Waals surface area contributed by atoms with Crippen molar-refractivity contribution in [2.45, 2.75) is 20.4 Å². The summed E-state index contributed by atoms with van der Waals surface area (Å²) in [4.78, 5) is 49.0. The van der Waals surface area contributed by atoms with Crippen LogP contribution < -0.4 is 16.5 Å². The number of benzene rings is 2. The van der Waals surface area contributed by atoms with E-state index in [4.69, 9.17) is 0 Å². The predicted octanol–water partition coefficient (Wildman–Crippen LogP) is 3.22. The van der Waals surface area contributed by atoms with Crippen molar-refractivity contribution in [2.24, 2.45) is 0 Å². The van der Waals surface area contributed by atoms with E-state index in [-0.39, 0.29) is 17.7 Å². The van der Waals surface area contributed by atoms with Gasteiger partial charge in [0, 0.05) is 10.4 Å². The van der Waals surface area contributed by atoms with Gasteiger partial charge in [0.15, 0.2) is 0 Å². The van der Waals surface area contributed by atoms with Crippen LogP contribution in [0.4, 0.5) is 0 Å². The zero-order valence-electron chi connectivity index (χ0n) is 17.9. The van der Waals surface area contributed by atoms with E-state index < -0.39 is 5.91 Å². The number of fused-ring (bicyclic) bond motifs is 2. The highest BCUT2D eigenvalue weighted by atomic mass is 32.1. The van der Waals surface area contributed by atoms with Gasteiger partial charge in [-0.05, 0) is 31.0 Å². The Bertz CT molecular complexity index is 1650. The monoisotopic (exact) mass is 457 g/mol. The number of thiophene rings is 1. The van der Waals surface area contributed by atoms with Crippen molar-refractivity contribution in [3.63, 3.8) is 0 Å². The Hall–Kier alpha value is -4.11. The van der Waals surface area contributed by atoms with Crippen LogP contribution in [-0.4, -0.2) is 25.1 Å². The Morgan fingerprint density at radius 1 is 0.970 bits per heavy atom. The first-order valence-corrected chi connectivity index (χ1v) is 11.1. The van der Waals surface area contributed by atoms with Crippen LogP contribution in [0, 0.1) is 13.8 Å². The van der Waals surface area contributed by atoms with E-state index in [2.05, 4.69) is 15.4 Å². The van der Waals surface area contributed by atoms with Crippen LogP contribution in [0.3, 0.4) is 0 Å². The summed E-state index contributed by atoms with van der Waals surface area (Å²) in [5, 5.41) is 0.887. The summed E-state index contributed by atoms with van der Waals surface area (Å²) in [6, 6.07) is 14.9. The number of nitrogens with zero attached hydrogens (tertiary/aromatic N) is 4. The molecule has 164 valence electrons. The lowest BCUT2D eigenvalue weighted by molar-refractivity contribution is -0.117. The SMILES string of the molecule is Cc1sc2ncn(NC(=O)Cn3cnc4c(C)cccc4c3=O)c(=O)c2c1-c1ccccc1. The first-order valence-electron chi connectivity index (χ1n) is 10.2. The number of hydrogen-bond donors (Lipinski definition) is 1. The minimum absolute atomic E-state index is 0.283. The molecule has 0 spiro atoms. The smallest absolute Gasteiger partial charge is 0.281 e. The molecule has 8 nitrogen and oxygen atoms in total. The number of carbonyl (C=O) groups excluding carboxylic acids is 1. The molecule has 0 bridgehead atoms. The van der Waals surface area contributed by atoms with Crippen molar-refractivity contribution in [3.05, 3.63) is 92.3 Å². The van der Waals surface area contributed by atoms with Crippen molar-refractivity contribution in [3.8, 4) is 11.1 Å². The Morgan fingerprint density at radius 3 is 2.55 bits per heavy atom. The topological polar surface area (TPSA) is 98.9 Å². The van der Waals surface area contributed by atoms with E-state index in [1.54, 1.807) is 12.1 Å². The van der Waals surface area contributed by atoms with Gasteiger partial charge in [0.2, 0.25) is 0 Å². The molecule has 0 radical (unpaired) electrons. The first-order chi connectivity index (χ1) is 15.9. The summed E-state index contributed by atoms with van der Waals surface area (Å²) >= 11 is 1.43. The van der Waals surface area contributed by atoms with Gasteiger partial charge in [-0.3, -0.25) is 24.4 Å². The van der Waals surface area contributed by atoms with Crippen LogP contribution in [0.25, 0.3) is 32.2 Å². The Balaban J connectivity index is 1.49. The third-order valence-corrected chi connectivity index (χ3v) is 6.48. The number of para-hydroxylation sites is 1. The quantitative estimate of drug-likeness (QED) is 0.447. The van der Waals surface area contributed by atoms with Gasteiger partial charge >= 0.3 is 0 Å². The summed E-state index contributed by atoms with van der Waals surface area (Å²) in [5.41, 5.74) is 5.05. The fraction of sp³-hybridized carbons (Fsp3) is 0.125. The van der Waals surface area contributed by atoms with Crippen molar-refractivity contribution in [1.82, 2.24) is 19.2 Å². The second-order valence-corrected chi connectivity index (χ2v) is 8.89. The normalized spacial score (nSPS) is 11.2. The van der Waals surface area contributed by atoms with Gasteiger partial charge in [-0.25, -0.2) is 14.6 Å². The lowest BCUT2D eigenvalue weighted by Gasteiger charge is -2.10. The molecule has 33 heavy (non-hydrogen) atoms. The molecule has 3 aromatic heterocycles. The fourth-order valence-corrected chi connectivity index (χ4v) is 4.91. The largest absolute Gasteiger partial charge is 0.289 e. The molecule has 1 amide bonds. The Kier molecular flexibility index (Phi) is 5.10. The summed E-state index contributed by atoms with van der Waals surface area (Å²) in [7, 11) is 0. The van der Waals surface area contributed by atoms with Crippen LogP contribution in [0.2, 0.25) is 0 Å². The second kappa shape index (κ2) is 8.10.